The zero-order valence-electron chi connectivity index (χ0n) is 12.5. The number of hydrogen-bond acceptors (Lipinski definition) is 2. The zero-order valence-corrected chi connectivity index (χ0v) is 12.5. The van der Waals surface area contributed by atoms with Gasteiger partial charge in [0.1, 0.15) is 6.61 Å². The van der Waals surface area contributed by atoms with Gasteiger partial charge >= 0.3 is 0 Å². The molecule has 0 amide bonds. The Kier molecular flexibility index (Phi) is 9.85. The van der Waals surface area contributed by atoms with Crippen LogP contribution in [0, 0.1) is 11.8 Å². The van der Waals surface area contributed by atoms with Gasteiger partial charge in [0, 0.05) is 6.42 Å². The van der Waals surface area contributed by atoms with Crippen molar-refractivity contribution in [2.24, 2.45) is 0 Å². The van der Waals surface area contributed by atoms with Gasteiger partial charge in [-0.15, -0.1) is 0 Å². The van der Waals surface area contributed by atoms with Crippen molar-refractivity contribution in [3.63, 3.8) is 0 Å². The van der Waals surface area contributed by atoms with Crippen LogP contribution in [0.1, 0.15) is 77.6 Å². The van der Waals surface area contributed by atoms with Crippen molar-refractivity contribution in [2.45, 2.75) is 89.8 Å². The molecule has 0 aromatic rings. The van der Waals surface area contributed by atoms with Crippen molar-refractivity contribution in [3.8, 4) is 11.8 Å². The lowest BCUT2D eigenvalue weighted by atomic mass is 10.0. The van der Waals surface area contributed by atoms with Gasteiger partial charge < -0.3 is 9.84 Å². The fraction of sp³-hybridized carbons (Fsp3) is 0.882. The smallest absolute Gasteiger partial charge is 0.104 e. The summed E-state index contributed by atoms with van der Waals surface area (Å²) in [5, 5.41) is 8.54. The van der Waals surface area contributed by atoms with Crippen LogP contribution < -0.4 is 0 Å². The Balaban J connectivity index is 1.77. The first kappa shape index (κ1) is 16.5. The van der Waals surface area contributed by atoms with E-state index in [0.717, 1.165) is 6.42 Å². The molecule has 0 aliphatic carbocycles. The average molecular weight is 266 g/mol. The number of rotatable bonds is 11. The first-order valence-electron chi connectivity index (χ1n) is 8.10. The normalized spacial score (nSPS) is 20.9. The van der Waals surface area contributed by atoms with Crippen LogP contribution in [0.4, 0.5) is 0 Å². The van der Waals surface area contributed by atoms with E-state index < -0.39 is 0 Å². The van der Waals surface area contributed by atoms with Gasteiger partial charge in [0.25, 0.3) is 0 Å². The van der Waals surface area contributed by atoms with E-state index in [9.17, 15) is 0 Å². The number of hydrogen-bond donors (Lipinski definition) is 1. The van der Waals surface area contributed by atoms with E-state index in [1.165, 1.54) is 64.2 Å². The molecule has 2 atom stereocenters. The minimum absolute atomic E-state index is 0.0321. The quantitative estimate of drug-likeness (QED) is 0.347. The van der Waals surface area contributed by atoms with Crippen LogP contribution in [0.2, 0.25) is 0 Å². The summed E-state index contributed by atoms with van der Waals surface area (Å²) in [5.74, 6) is 5.61. The summed E-state index contributed by atoms with van der Waals surface area (Å²) < 4.78 is 5.55. The predicted molar refractivity (Wildman–Crippen MR) is 80.0 cm³/mol. The number of ether oxygens (including phenoxy) is 1. The average Bonchev–Trinajstić information content (AvgIpc) is 3.16. The molecule has 0 radical (unpaired) electrons. The van der Waals surface area contributed by atoms with Gasteiger partial charge in [-0.25, -0.2) is 0 Å². The molecule has 19 heavy (non-hydrogen) atoms. The van der Waals surface area contributed by atoms with Gasteiger partial charge in [-0.3, -0.25) is 0 Å². The topological polar surface area (TPSA) is 32.8 Å². The molecule has 1 N–H and O–H groups in total. The number of aliphatic hydroxyl groups excluding tert-OH is 1. The molecule has 1 heterocycles. The standard InChI is InChI=1S/C17H30O2/c1-2-3-4-5-6-7-8-9-10-13-16-17(19-16)14-11-12-15-18/h16-18H,2-10,13-15H2,1H3/t16-,17+/m0/s1. The summed E-state index contributed by atoms with van der Waals surface area (Å²) in [6.45, 7) is 2.23. The van der Waals surface area contributed by atoms with Gasteiger partial charge in [-0.2, -0.15) is 0 Å². The molecule has 0 spiro atoms. The molecule has 0 unspecified atom stereocenters. The van der Waals surface area contributed by atoms with Crippen molar-refractivity contribution in [1.82, 2.24) is 0 Å². The maximum absolute atomic E-state index is 8.54. The van der Waals surface area contributed by atoms with E-state index in [-0.39, 0.29) is 6.61 Å². The van der Waals surface area contributed by atoms with Gasteiger partial charge in [0.2, 0.25) is 0 Å². The van der Waals surface area contributed by atoms with Crippen LogP contribution in [0.15, 0.2) is 0 Å². The second kappa shape index (κ2) is 11.3. The van der Waals surface area contributed by atoms with Gasteiger partial charge in [0.15, 0.2) is 0 Å². The van der Waals surface area contributed by atoms with E-state index >= 15 is 0 Å². The monoisotopic (exact) mass is 266 g/mol. The molecule has 0 aromatic carbocycles. The summed E-state index contributed by atoms with van der Waals surface area (Å²) in [5.41, 5.74) is 0. The highest BCUT2D eigenvalue weighted by Crippen LogP contribution is 2.29. The fourth-order valence-electron chi connectivity index (χ4n) is 2.50. The first-order valence-corrected chi connectivity index (χ1v) is 8.10. The van der Waals surface area contributed by atoms with Crippen LogP contribution in [0.5, 0.6) is 0 Å². The van der Waals surface area contributed by atoms with E-state index in [2.05, 4.69) is 18.8 Å². The van der Waals surface area contributed by atoms with Crippen LogP contribution >= 0.6 is 0 Å². The Labute approximate surface area is 118 Å². The summed E-state index contributed by atoms with van der Waals surface area (Å²) in [6, 6.07) is 0. The summed E-state index contributed by atoms with van der Waals surface area (Å²) in [6.07, 6.45) is 15.2. The van der Waals surface area contributed by atoms with Crippen LogP contribution in [-0.2, 0) is 4.74 Å². The van der Waals surface area contributed by atoms with Crippen LogP contribution in [0.3, 0.4) is 0 Å². The van der Waals surface area contributed by atoms with Crippen LogP contribution in [-0.4, -0.2) is 23.9 Å². The van der Waals surface area contributed by atoms with Crippen molar-refractivity contribution in [1.29, 1.82) is 0 Å². The van der Waals surface area contributed by atoms with Crippen LogP contribution in [0.25, 0.3) is 0 Å². The van der Waals surface area contributed by atoms with E-state index in [1.54, 1.807) is 0 Å². The molecule has 0 aromatic heterocycles. The van der Waals surface area contributed by atoms with Crippen molar-refractivity contribution >= 4 is 0 Å². The minimum Gasteiger partial charge on any atom is -0.384 e. The van der Waals surface area contributed by atoms with Gasteiger partial charge in [0.05, 0.1) is 12.2 Å². The third-order valence-electron chi connectivity index (χ3n) is 3.79. The fourth-order valence-corrected chi connectivity index (χ4v) is 2.50. The van der Waals surface area contributed by atoms with Crippen molar-refractivity contribution in [3.05, 3.63) is 0 Å². The van der Waals surface area contributed by atoms with Gasteiger partial charge in [-0.1, -0.05) is 76.6 Å². The number of aliphatic hydroxyl groups is 1. The molecular formula is C17H30O2. The predicted octanol–water partition coefficient (Wildman–Crippen LogP) is 4.06. The zero-order chi connectivity index (χ0) is 13.8. The highest BCUT2D eigenvalue weighted by Gasteiger charge is 2.36. The Morgan fingerprint density at radius 3 is 2.11 bits per heavy atom. The third kappa shape index (κ3) is 9.08. The molecule has 1 rings (SSSR count). The highest BCUT2D eigenvalue weighted by atomic mass is 16.6. The number of epoxide rings is 1. The second-order valence-corrected chi connectivity index (χ2v) is 5.55. The van der Waals surface area contributed by atoms with E-state index in [1.807, 2.05) is 0 Å². The molecule has 1 aliphatic rings. The van der Waals surface area contributed by atoms with Crippen molar-refractivity contribution < 1.29 is 9.84 Å². The molecule has 0 saturated carbocycles. The Bertz CT molecular complexity index is 264. The minimum atomic E-state index is -0.0321. The molecule has 2 nitrogen and oxygen atoms in total. The number of unbranched alkanes of at least 4 members (excludes halogenated alkanes) is 8. The second-order valence-electron chi connectivity index (χ2n) is 5.55. The Hall–Kier alpha value is -0.520. The lowest BCUT2D eigenvalue weighted by molar-refractivity contribution is 0.350. The summed E-state index contributed by atoms with van der Waals surface area (Å²) >= 11 is 0. The molecule has 1 saturated heterocycles. The molecule has 0 bridgehead atoms. The maximum Gasteiger partial charge on any atom is 0.104 e. The maximum atomic E-state index is 8.54. The lowest BCUT2D eigenvalue weighted by Gasteiger charge is -2.01. The highest BCUT2D eigenvalue weighted by molar-refractivity contribution is 5.04. The third-order valence-corrected chi connectivity index (χ3v) is 3.79. The molecular weight excluding hydrogens is 236 g/mol. The molecule has 1 fully saturated rings. The SMILES string of the molecule is CCCCCCCCCCC[C@@H]1O[C@@H]1CC#CCO. The molecule has 2 heteroatoms. The summed E-state index contributed by atoms with van der Waals surface area (Å²) in [7, 11) is 0. The van der Waals surface area contributed by atoms with E-state index in [0.29, 0.717) is 12.2 Å². The molecule has 110 valence electrons. The lowest BCUT2D eigenvalue weighted by Crippen LogP contribution is -1.93. The summed E-state index contributed by atoms with van der Waals surface area (Å²) in [4.78, 5) is 0. The Morgan fingerprint density at radius 2 is 1.47 bits per heavy atom. The molecule has 1 aliphatic heterocycles. The van der Waals surface area contributed by atoms with Gasteiger partial charge in [-0.05, 0) is 6.42 Å². The van der Waals surface area contributed by atoms with E-state index in [4.69, 9.17) is 9.84 Å². The Morgan fingerprint density at radius 1 is 0.842 bits per heavy atom. The first-order chi connectivity index (χ1) is 9.38. The van der Waals surface area contributed by atoms with Crippen molar-refractivity contribution in [2.75, 3.05) is 6.61 Å². The largest absolute Gasteiger partial charge is 0.384 e.